The molecule has 24 heavy (non-hydrogen) atoms. The molecule has 1 aromatic carbocycles. The van der Waals surface area contributed by atoms with E-state index in [2.05, 4.69) is 22.1 Å². The van der Waals surface area contributed by atoms with Gasteiger partial charge in [0.2, 0.25) is 0 Å². The summed E-state index contributed by atoms with van der Waals surface area (Å²) in [7, 11) is 1.55. The third kappa shape index (κ3) is 5.89. The first-order valence-electron chi connectivity index (χ1n) is 7.30. The maximum absolute atomic E-state index is 11.7. The number of hydrogen-bond acceptors (Lipinski definition) is 5. The van der Waals surface area contributed by atoms with Gasteiger partial charge in [0.15, 0.2) is 18.1 Å². The van der Waals surface area contributed by atoms with Gasteiger partial charge in [0.25, 0.3) is 5.91 Å². The number of aromatic nitrogens is 1. The SMILES string of the molecule is COc1ccccc1OCC(=O)NCC#CCOc1cccnc1. The topological polar surface area (TPSA) is 69.7 Å². The highest BCUT2D eigenvalue weighted by Gasteiger charge is 2.05. The summed E-state index contributed by atoms with van der Waals surface area (Å²) in [4.78, 5) is 15.6. The Kier molecular flexibility index (Phi) is 6.97. The predicted molar refractivity (Wildman–Crippen MR) is 89.0 cm³/mol. The number of nitrogens with one attached hydrogen (secondary N) is 1. The molecule has 0 saturated heterocycles. The van der Waals surface area contributed by atoms with E-state index in [9.17, 15) is 4.79 Å². The van der Waals surface area contributed by atoms with Gasteiger partial charge in [0.1, 0.15) is 12.4 Å². The van der Waals surface area contributed by atoms with Crippen molar-refractivity contribution >= 4 is 5.91 Å². The van der Waals surface area contributed by atoms with Crippen molar-refractivity contribution in [2.75, 3.05) is 26.9 Å². The fraction of sp³-hybridized carbons (Fsp3) is 0.222. The molecule has 0 radical (unpaired) electrons. The molecule has 0 aliphatic carbocycles. The minimum atomic E-state index is -0.261. The standard InChI is InChI=1S/C18H18N2O4/c1-22-16-8-2-3-9-17(16)24-14-18(21)20-11-4-5-12-23-15-7-6-10-19-13-15/h2-3,6-10,13H,11-12,14H2,1H3,(H,20,21). The van der Waals surface area contributed by atoms with Crippen LogP contribution in [-0.2, 0) is 4.79 Å². The molecular weight excluding hydrogens is 308 g/mol. The maximum atomic E-state index is 11.7. The molecule has 0 fully saturated rings. The Balaban J connectivity index is 1.64. The Morgan fingerprint density at radius 2 is 1.96 bits per heavy atom. The highest BCUT2D eigenvalue weighted by Crippen LogP contribution is 2.25. The van der Waals surface area contributed by atoms with Crippen LogP contribution in [0.25, 0.3) is 0 Å². The molecule has 0 spiro atoms. The van der Waals surface area contributed by atoms with Crippen molar-refractivity contribution in [1.82, 2.24) is 10.3 Å². The van der Waals surface area contributed by atoms with Gasteiger partial charge in [-0.15, -0.1) is 0 Å². The van der Waals surface area contributed by atoms with Crippen LogP contribution in [0, 0.1) is 11.8 Å². The van der Waals surface area contributed by atoms with E-state index in [4.69, 9.17) is 14.2 Å². The number of pyridine rings is 1. The third-order valence-electron chi connectivity index (χ3n) is 2.87. The van der Waals surface area contributed by atoms with Gasteiger partial charge >= 0.3 is 0 Å². The Hall–Kier alpha value is -3.20. The molecule has 2 rings (SSSR count). The highest BCUT2D eigenvalue weighted by atomic mass is 16.5. The van der Waals surface area contributed by atoms with E-state index < -0.39 is 0 Å². The van der Waals surface area contributed by atoms with Gasteiger partial charge in [-0.3, -0.25) is 9.78 Å². The third-order valence-corrected chi connectivity index (χ3v) is 2.87. The van der Waals surface area contributed by atoms with Gasteiger partial charge in [-0.05, 0) is 24.3 Å². The predicted octanol–water partition coefficient (Wildman–Crippen LogP) is 1.67. The minimum Gasteiger partial charge on any atom is -0.493 e. The Labute approximate surface area is 140 Å². The molecule has 6 heteroatoms. The second-order valence-electron chi connectivity index (χ2n) is 4.55. The van der Waals surface area contributed by atoms with Crippen LogP contribution >= 0.6 is 0 Å². The molecule has 1 heterocycles. The van der Waals surface area contributed by atoms with Gasteiger partial charge in [0, 0.05) is 6.20 Å². The number of rotatable bonds is 7. The molecule has 0 aliphatic rings. The molecule has 1 amide bonds. The summed E-state index contributed by atoms with van der Waals surface area (Å²) in [5, 5.41) is 2.64. The van der Waals surface area contributed by atoms with Crippen LogP contribution in [0.4, 0.5) is 0 Å². The van der Waals surface area contributed by atoms with E-state index in [1.165, 1.54) is 0 Å². The van der Waals surface area contributed by atoms with E-state index in [1.54, 1.807) is 43.8 Å². The summed E-state index contributed by atoms with van der Waals surface area (Å²) < 4.78 is 15.9. The maximum Gasteiger partial charge on any atom is 0.258 e. The molecule has 0 atom stereocenters. The normalized spacial score (nSPS) is 9.38. The summed E-state index contributed by atoms with van der Waals surface area (Å²) in [6.45, 7) is 0.359. The van der Waals surface area contributed by atoms with Crippen molar-refractivity contribution in [2.24, 2.45) is 0 Å². The fourth-order valence-electron chi connectivity index (χ4n) is 1.74. The smallest absolute Gasteiger partial charge is 0.258 e. The molecule has 0 aliphatic heterocycles. The molecule has 0 bridgehead atoms. The van der Waals surface area contributed by atoms with E-state index in [1.807, 2.05) is 12.1 Å². The van der Waals surface area contributed by atoms with Gasteiger partial charge in [-0.2, -0.15) is 0 Å². The number of amides is 1. The van der Waals surface area contributed by atoms with E-state index in [0.717, 1.165) is 0 Å². The van der Waals surface area contributed by atoms with Crippen LogP contribution in [0.3, 0.4) is 0 Å². The molecule has 1 aromatic heterocycles. The van der Waals surface area contributed by atoms with Crippen molar-refractivity contribution < 1.29 is 19.0 Å². The molecule has 1 N–H and O–H groups in total. The van der Waals surface area contributed by atoms with Crippen LogP contribution in [-0.4, -0.2) is 37.8 Å². The lowest BCUT2D eigenvalue weighted by Gasteiger charge is -2.09. The zero-order valence-corrected chi connectivity index (χ0v) is 13.3. The second kappa shape index (κ2) is 9.74. The molecule has 0 unspecified atom stereocenters. The number of ether oxygens (including phenoxy) is 3. The average Bonchev–Trinajstić information content (AvgIpc) is 2.64. The van der Waals surface area contributed by atoms with Crippen LogP contribution in [0.2, 0.25) is 0 Å². The largest absolute Gasteiger partial charge is 0.493 e. The number of methoxy groups -OCH3 is 1. The summed E-state index contributed by atoms with van der Waals surface area (Å²) >= 11 is 0. The van der Waals surface area contributed by atoms with Crippen molar-refractivity contribution in [3.05, 3.63) is 48.8 Å². The number of hydrogen-bond donors (Lipinski definition) is 1. The zero-order chi connectivity index (χ0) is 17.0. The second-order valence-corrected chi connectivity index (χ2v) is 4.55. The number of para-hydroxylation sites is 2. The Morgan fingerprint density at radius 3 is 2.71 bits per heavy atom. The van der Waals surface area contributed by atoms with Gasteiger partial charge in [-0.25, -0.2) is 0 Å². The lowest BCUT2D eigenvalue weighted by molar-refractivity contribution is -0.122. The number of nitrogens with zero attached hydrogens (tertiary/aromatic N) is 1. The Morgan fingerprint density at radius 1 is 1.12 bits per heavy atom. The van der Waals surface area contributed by atoms with Crippen LogP contribution in [0.15, 0.2) is 48.8 Å². The highest BCUT2D eigenvalue weighted by molar-refractivity contribution is 5.77. The first-order valence-corrected chi connectivity index (χ1v) is 7.30. The molecule has 0 saturated carbocycles. The van der Waals surface area contributed by atoms with E-state index in [-0.39, 0.29) is 25.7 Å². The monoisotopic (exact) mass is 326 g/mol. The number of carbonyl (C=O) groups excluding carboxylic acids is 1. The van der Waals surface area contributed by atoms with E-state index >= 15 is 0 Å². The summed E-state index contributed by atoms with van der Waals surface area (Å²) in [5.74, 6) is 7.10. The first kappa shape index (κ1) is 17.2. The Bertz CT molecular complexity index is 708. The molecule has 124 valence electrons. The van der Waals surface area contributed by atoms with Crippen molar-refractivity contribution in [2.45, 2.75) is 0 Å². The lowest BCUT2D eigenvalue weighted by atomic mass is 10.3. The summed E-state index contributed by atoms with van der Waals surface area (Å²) in [5.41, 5.74) is 0. The zero-order valence-electron chi connectivity index (χ0n) is 13.3. The first-order chi connectivity index (χ1) is 11.8. The van der Waals surface area contributed by atoms with Crippen molar-refractivity contribution in [1.29, 1.82) is 0 Å². The van der Waals surface area contributed by atoms with E-state index in [0.29, 0.717) is 17.2 Å². The summed E-state index contributed by atoms with van der Waals surface area (Å²) in [6, 6.07) is 10.7. The van der Waals surface area contributed by atoms with Crippen molar-refractivity contribution in [3.63, 3.8) is 0 Å². The lowest BCUT2D eigenvalue weighted by Crippen LogP contribution is -2.29. The average molecular weight is 326 g/mol. The number of carbonyl (C=O) groups is 1. The quantitative estimate of drug-likeness (QED) is 0.784. The van der Waals surface area contributed by atoms with Crippen molar-refractivity contribution in [3.8, 4) is 29.1 Å². The molecular formula is C18H18N2O4. The summed E-state index contributed by atoms with van der Waals surface area (Å²) in [6.07, 6.45) is 3.28. The molecule has 2 aromatic rings. The van der Waals surface area contributed by atoms with Gasteiger partial charge in [0.05, 0.1) is 19.9 Å². The van der Waals surface area contributed by atoms with Gasteiger partial charge < -0.3 is 19.5 Å². The van der Waals surface area contributed by atoms with Crippen LogP contribution < -0.4 is 19.5 Å². The van der Waals surface area contributed by atoms with Crippen LogP contribution in [0.1, 0.15) is 0 Å². The number of benzene rings is 1. The fourth-order valence-corrected chi connectivity index (χ4v) is 1.74. The van der Waals surface area contributed by atoms with Gasteiger partial charge in [-0.1, -0.05) is 24.0 Å². The molecule has 6 nitrogen and oxygen atoms in total. The van der Waals surface area contributed by atoms with Crippen LogP contribution in [0.5, 0.6) is 17.2 Å². The minimum absolute atomic E-state index is 0.103.